The van der Waals surface area contributed by atoms with Gasteiger partial charge in [-0.3, -0.25) is 9.59 Å². The molecule has 1 N–H and O–H groups in total. The lowest BCUT2D eigenvalue weighted by Crippen LogP contribution is -2.01. The Morgan fingerprint density at radius 1 is 1.00 bits per heavy atom. The fraction of sp³-hybridized carbons (Fsp3) is 0.125. The molecule has 2 aromatic rings. The number of benzene rings is 2. The predicted molar refractivity (Wildman–Crippen MR) is 91.2 cm³/mol. The highest BCUT2D eigenvalue weighted by Crippen LogP contribution is 2.25. The van der Waals surface area contributed by atoms with Gasteiger partial charge in [0.25, 0.3) is 0 Å². The summed E-state index contributed by atoms with van der Waals surface area (Å²) in [5, 5.41) is 9.15. The van der Waals surface area contributed by atoms with E-state index in [2.05, 4.69) is 36.6 Å². The van der Waals surface area contributed by atoms with Crippen molar-refractivity contribution >= 4 is 43.6 Å². The second kappa shape index (κ2) is 8.89. The van der Waals surface area contributed by atoms with Gasteiger partial charge in [-0.1, -0.05) is 31.9 Å². The molecule has 2 aromatic carbocycles. The summed E-state index contributed by atoms with van der Waals surface area (Å²) in [6.07, 6.45) is 0. The number of halogens is 4. The first-order valence-electron chi connectivity index (χ1n) is 6.43. The van der Waals surface area contributed by atoms with Crippen LogP contribution in [0.1, 0.15) is 24.2 Å². The van der Waals surface area contributed by atoms with Gasteiger partial charge in [-0.25, -0.2) is 8.78 Å². The van der Waals surface area contributed by atoms with Crippen molar-refractivity contribution < 1.29 is 28.2 Å². The van der Waals surface area contributed by atoms with Crippen LogP contribution in [0.2, 0.25) is 0 Å². The molecule has 0 radical (unpaired) electrons. The number of ketones is 1. The topological polar surface area (TPSA) is 63.6 Å². The molecular formula is C16H12Br2F2O4. The summed E-state index contributed by atoms with van der Waals surface area (Å²) in [5.74, 6) is -2.25. The summed E-state index contributed by atoms with van der Waals surface area (Å²) < 4.78 is 31.2. The minimum atomic E-state index is -0.714. The number of esters is 1. The van der Waals surface area contributed by atoms with Crippen molar-refractivity contribution in [1.82, 2.24) is 0 Å². The van der Waals surface area contributed by atoms with Gasteiger partial charge in [0, 0.05) is 21.9 Å². The van der Waals surface area contributed by atoms with Crippen molar-refractivity contribution in [2.45, 2.75) is 13.8 Å². The van der Waals surface area contributed by atoms with Crippen LogP contribution in [0, 0.1) is 11.6 Å². The van der Waals surface area contributed by atoms with E-state index in [-0.39, 0.29) is 17.1 Å². The number of hydrogen-bond acceptors (Lipinski definition) is 4. The quantitative estimate of drug-likeness (QED) is 0.384. The average Bonchev–Trinajstić information content (AvgIpc) is 2.34. The Bertz CT molecular complexity index is 735. The zero-order valence-corrected chi connectivity index (χ0v) is 15.7. The van der Waals surface area contributed by atoms with Crippen LogP contribution in [-0.4, -0.2) is 16.9 Å². The SMILES string of the molecule is CC(=O)Oc1cc(F)cc(Br)c1.CC(=O)c1c(O)cc(Br)cc1F. The normalized spacial score (nSPS) is 9.75. The molecule has 0 aliphatic carbocycles. The third kappa shape index (κ3) is 6.37. The van der Waals surface area contributed by atoms with E-state index in [1.165, 1.54) is 32.0 Å². The number of hydrogen-bond donors (Lipinski definition) is 1. The second-order valence-electron chi connectivity index (χ2n) is 4.54. The third-order valence-corrected chi connectivity index (χ3v) is 3.40. The zero-order chi connectivity index (χ0) is 18.4. The molecule has 0 aliphatic heterocycles. The first-order chi connectivity index (χ1) is 11.1. The molecule has 0 aliphatic rings. The van der Waals surface area contributed by atoms with Crippen molar-refractivity contribution in [2.75, 3.05) is 0 Å². The first kappa shape index (κ1) is 20.2. The third-order valence-electron chi connectivity index (χ3n) is 2.48. The molecule has 0 saturated carbocycles. The molecular weight excluding hydrogens is 454 g/mol. The predicted octanol–water partition coefficient (Wildman–Crippen LogP) is 5.01. The van der Waals surface area contributed by atoms with Crippen molar-refractivity contribution in [2.24, 2.45) is 0 Å². The van der Waals surface area contributed by atoms with Crippen molar-refractivity contribution in [3.8, 4) is 11.5 Å². The van der Waals surface area contributed by atoms with Crippen LogP contribution in [0.15, 0.2) is 39.3 Å². The van der Waals surface area contributed by atoms with Crippen LogP contribution in [0.5, 0.6) is 11.5 Å². The Kier molecular flexibility index (Phi) is 7.50. The maximum Gasteiger partial charge on any atom is 0.308 e. The Hall–Kier alpha value is -1.80. The number of ether oxygens (including phenoxy) is 1. The summed E-state index contributed by atoms with van der Waals surface area (Å²) in [4.78, 5) is 21.3. The van der Waals surface area contributed by atoms with Crippen LogP contribution < -0.4 is 4.74 Å². The van der Waals surface area contributed by atoms with Crippen LogP contribution in [0.4, 0.5) is 8.78 Å². The standard InChI is InChI=1S/2C8H6BrFO2/c1-5(11)12-8-3-6(9)2-7(10)4-8;1-4(11)8-6(10)2-5(9)3-7(8)12/h2-4H,1H3;2-3,12H,1H3. The Labute approximate surface area is 153 Å². The van der Waals surface area contributed by atoms with E-state index in [9.17, 15) is 18.4 Å². The van der Waals surface area contributed by atoms with Crippen molar-refractivity contribution in [3.05, 3.63) is 56.5 Å². The van der Waals surface area contributed by atoms with Crippen molar-refractivity contribution in [1.29, 1.82) is 0 Å². The molecule has 128 valence electrons. The molecule has 0 unspecified atom stereocenters. The zero-order valence-electron chi connectivity index (χ0n) is 12.6. The monoisotopic (exact) mass is 464 g/mol. The molecule has 0 heterocycles. The maximum atomic E-state index is 13.0. The largest absolute Gasteiger partial charge is 0.507 e. The van der Waals surface area contributed by atoms with Gasteiger partial charge in [0.2, 0.25) is 0 Å². The van der Waals surface area contributed by atoms with Gasteiger partial charge < -0.3 is 9.84 Å². The minimum Gasteiger partial charge on any atom is -0.507 e. The van der Waals surface area contributed by atoms with Gasteiger partial charge in [0.15, 0.2) is 5.78 Å². The Balaban J connectivity index is 0.000000240. The molecule has 0 saturated heterocycles. The molecule has 8 heteroatoms. The van der Waals surface area contributed by atoms with Gasteiger partial charge >= 0.3 is 5.97 Å². The number of Topliss-reactive ketones (excluding diaryl/α,β-unsaturated/α-hetero) is 1. The van der Waals surface area contributed by atoms with Gasteiger partial charge in [-0.05, 0) is 31.2 Å². The van der Waals surface area contributed by atoms with E-state index in [4.69, 9.17) is 5.11 Å². The number of carbonyl (C=O) groups excluding carboxylic acids is 2. The minimum absolute atomic E-state index is 0.203. The molecule has 0 aromatic heterocycles. The lowest BCUT2D eigenvalue weighted by Gasteiger charge is -2.02. The van der Waals surface area contributed by atoms with Crippen LogP contribution >= 0.6 is 31.9 Å². The molecule has 0 fully saturated rings. The summed E-state index contributed by atoms with van der Waals surface area (Å²) in [6, 6.07) is 6.36. The van der Waals surface area contributed by atoms with E-state index in [1.54, 1.807) is 0 Å². The van der Waals surface area contributed by atoms with Gasteiger partial charge in [0.1, 0.15) is 23.1 Å². The molecule has 2 rings (SSSR count). The fourth-order valence-electron chi connectivity index (χ4n) is 1.66. The van der Waals surface area contributed by atoms with Gasteiger partial charge in [0.05, 0.1) is 5.56 Å². The lowest BCUT2D eigenvalue weighted by molar-refractivity contribution is -0.131. The summed E-state index contributed by atoms with van der Waals surface area (Å²) in [6.45, 7) is 2.46. The second-order valence-corrected chi connectivity index (χ2v) is 6.37. The van der Waals surface area contributed by atoms with E-state index >= 15 is 0 Å². The highest BCUT2D eigenvalue weighted by Gasteiger charge is 2.13. The lowest BCUT2D eigenvalue weighted by atomic mass is 10.1. The molecule has 24 heavy (non-hydrogen) atoms. The fourth-order valence-corrected chi connectivity index (χ4v) is 2.52. The molecule has 0 spiro atoms. The van der Waals surface area contributed by atoms with E-state index in [0.717, 1.165) is 12.1 Å². The number of carbonyl (C=O) groups is 2. The average molecular weight is 466 g/mol. The van der Waals surface area contributed by atoms with Crippen molar-refractivity contribution in [3.63, 3.8) is 0 Å². The number of phenolic OH excluding ortho intramolecular Hbond substituents is 1. The Morgan fingerprint density at radius 3 is 2.04 bits per heavy atom. The van der Waals surface area contributed by atoms with Gasteiger partial charge in [-0.2, -0.15) is 0 Å². The number of aromatic hydroxyl groups is 1. The van der Waals surface area contributed by atoms with E-state index in [0.29, 0.717) is 8.95 Å². The van der Waals surface area contributed by atoms with Gasteiger partial charge in [-0.15, -0.1) is 0 Å². The summed E-state index contributed by atoms with van der Waals surface area (Å²) in [7, 11) is 0. The number of phenols is 1. The molecule has 4 nitrogen and oxygen atoms in total. The summed E-state index contributed by atoms with van der Waals surface area (Å²) in [5.41, 5.74) is -0.266. The molecule has 0 amide bonds. The first-order valence-corrected chi connectivity index (χ1v) is 8.02. The van der Waals surface area contributed by atoms with Crippen LogP contribution in [-0.2, 0) is 4.79 Å². The smallest absolute Gasteiger partial charge is 0.308 e. The maximum absolute atomic E-state index is 13.0. The highest BCUT2D eigenvalue weighted by molar-refractivity contribution is 9.10. The van der Waals surface area contributed by atoms with Crippen LogP contribution in [0.25, 0.3) is 0 Å². The Morgan fingerprint density at radius 2 is 1.58 bits per heavy atom. The van der Waals surface area contributed by atoms with Crippen LogP contribution in [0.3, 0.4) is 0 Å². The number of rotatable bonds is 2. The summed E-state index contributed by atoms with van der Waals surface area (Å²) >= 11 is 6.06. The van der Waals surface area contributed by atoms with E-state index in [1.807, 2.05) is 0 Å². The van der Waals surface area contributed by atoms with E-state index < -0.39 is 23.4 Å². The molecule has 0 bridgehead atoms. The molecule has 0 atom stereocenters. The highest BCUT2D eigenvalue weighted by atomic mass is 79.9.